The summed E-state index contributed by atoms with van der Waals surface area (Å²) in [6.45, 7) is 0.565. The minimum Gasteiger partial charge on any atom is -0.438 e. The largest absolute Gasteiger partial charge is 0.438 e. The predicted molar refractivity (Wildman–Crippen MR) is 119 cm³/mol. The number of fused-ring (bicyclic) bond motifs is 1. The Morgan fingerprint density at radius 1 is 1.06 bits per heavy atom. The molecule has 0 unspecified atom stereocenters. The monoisotopic (exact) mass is 470 g/mol. The lowest BCUT2D eigenvalue weighted by atomic mass is 9.99. The normalized spacial score (nSPS) is 16.5. The lowest BCUT2D eigenvalue weighted by Gasteiger charge is -2.22. The van der Waals surface area contributed by atoms with E-state index in [9.17, 15) is 18.0 Å². The predicted octanol–water partition coefficient (Wildman–Crippen LogP) is 7.14. The molecule has 0 aliphatic carbocycles. The highest BCUT2D eigenvalue weighted by molar-refractivity contribution is 6.30. The highest BCUT2D eigenvalue weighted by Crippen LogP contribution is 2.39. The van der Waals surface area contributed by atoms with Crippen LogP contribution in [0.25, 0.3) is 22.2 Å². The van der Waals surface area contributed by atoms with Crippen LogP contribution in [0.15, 0.2) is 71.1 Å². The number of carbonyl (C=O) groups excluding carboxylic acids is 1. The summed E-state index contributed by atoms with van der Waals surface area (Å²) in [4.78, 5) is 19.3. The molecule has 5 rings (SSSR count). The maximum absolute atomic E-state index is 13.5. The van der Waals surface area contributed by atoms with E-state index in [4.69, 9.17) is 16.0 Å². The van der Waals surface area contributed by atoms with Crippen molar-refractivity contribution in [2.45, 2.75) is 25.1 Å². The second-order valence-electron chi connectivity index (χ2n) is 7.94. The number of amides is 1. The van der Waals surface area contributed by atoms with E-state index in [1.807, 2.05) is 0 Å². The number of halogens is 4. The third-order valence-electron chi connectivity index (χ3n) is 5.84. The second-order valence-corrected chi connectivity index (χ2v) is 8.38. The summed E-state index contributed by atoms with van der Waals surface area (Å²) in [6.07, 6.45) is -2.98. The van der Waals surface area contributed by atoms with Crippen LogP contribution in [0.4, 0.5) is 13.2 Å². The zero-order valence-corrected chi connectivity index (χ0v) is 18.0. The number of rotatable bonds is 3. The van der Waals surface area contributed by atoms with Crippen molar-refractivity contribution in [3.8, 4) is 11.1 Å². The van der Waals surface area contributed by atoms with E-state index in [1.165, 1.54) is 12.1 Å². The van der Waals surface area contributed by atoms with Crippen LogP contribution in [0.1, 0.15) is 40.7 Å². The number of aromatic nitrogens is 1. The quantitative estimate of drug-likeness (QED) is 0.319. The van der Waals surface area contributed by atoms with Crippen LogP contribution >= 0.6 is 11.6 Å². The fourth-order valence-electron chi connectivity index (χ4n) is 4.26. The Kier molecular flexibility index (Phi) is 5.37. The van der Waals surface area contributed by atoms with E-state index >= 15 is 0 Å². The first-order valence-corrected chi connectivity index (χ1v) is 10.8. The highest BCUT2D eigenvalue weighted by atomic mass is 35.5. The van der Waals surface area contributed by atoms with Gasteiger partial charge >= 0.3 is 6.18 Å². The fourth-order valence-corrected chi connectivity index (χ4v) is 4.39. The Balaban J connectivity index is 1.48. The first kappa shape index (κ1) is 21.5. The number of likely N-dealkylation sites (tertiary alicyclic amines) is 1. The molecular weight excluding hydrogens is 453 g/mol. The Bertz CT molecular complexity index is 1330. The SMILES string of the molecule is O=C(c1ccc(Cl)cc1)N1CCC[C@H]1c1nc2cc(-c3ccccc3C(F)(F)F)ccc2o1. The second kappa shape index (κ2) is 8.23. The number of hydrogen-bond donors (Lipinski definition) is 0. The smallest absolute Gasteiger partial charge is 0.417 e. The van der Waals surface area contributed by atoms with Crippen molar-refractivity contribution in [2.75, 3.05) is 6.54 Å². The molecule has 1 aliphatic heterocycles. The van der Waals surface area contributed by atoms with Crippen LogP contribution < -0.4 is 0 Å². The van der Waals surface area contributed by atoms with Gasteiger partial charge < -0.3 is 9.32 Å². The van der Waals surface area contributed by atoms with Gasteiger partial charge in [0.1, 0.15) is 11.6 Å². The summed E-state index contributed by atoms with van der Waals surface area (Å²) >= 11 is 5.93. The number of alkyl halides is 3. The van der Waals surface area contributed by atoms with Crippen molar-refractivity contribution in [2.24, 2.45) is 0 Å². The molecule has 0 saturated carbocycles. The maximum Gasteiger partial charge on any atom is 0.417 e. The number of oxazole rings is 1. The van der Waals surface area contributed by atoms with Crippen molar-refractivity contribution in [3.63, 3.8) is 0 Å². The van der Waals surface area contributed by atoms with Crippen LogP contribution in [-0.4, -0.2) is 22.3 Å². The first-order valence-electron chi connectivity index (χ1n) is 10.4. The van der Waals surface area contributed by atoms with Crippen molar-refractivity contribution in [1.82, 2.24) is 9.88 Å². The van der Waals surface area contributed by atoms with Crippen LogP contribution in [0.2, 0.25) is 5.02 Å². The van der Waals surface area contributed by atoms with Gasteiger partial charge in [-0.15, -0.1) is 0 Å². The molecule has 168 valence electrons. The minimum atomic E-state index is -4.47. The molecule has 4 aromatic rings. The average Bonchev–Trinajstić information content (AvgIpc) is 3.45. The van der Waals surface area contributed by atoms with Crippen LogP contribution in [-0.2, 0) is 6.18 Å². The van der Waals surface area contributed by atoms with Gasteiger partial charge in [-0.05, 0) is 66.4 Å². The van der Waals surface area contributed by atoms with E-state index in [0.717, 1.165) is 12.5 Å². The van der Waals surface area contributed by atoms with Crippen molar-refractivity contribution < 1.29 is 22.4 Å². The Labute approximate surface area is 192 Å². The molecule has 1 amide bonds. The summed E-state index contributed by atoms with van der Waals surface area (Å²) in [5.74, 6) is 0.238. The van der Waals surface area contributed by atoms with Crippen molar-refractivity contribution in [1.29, 1.82) is 0 Å². The summed E-state index contributed by atoms with van der Waals surface area (Å²) in [5, 5.41) is 0.548. The highest BCUT2D eigenvalue weighted by Gasteiger charge is 2.35. The molecule has 0 bridgehead atoms. The van der Waals surface area contributed by atoms with Crippen molar-refractivity contribution in [3.05, 3.63) is 88.8 Å². The lowest BCUT2D eigenvalue weighted by Crippen LogP contribution is -2.30. The molecule has 33 heavy (non-hydrogen) atoms. The average molecular weight is 471 g/mol. The topological polar surface area (TPSA) is 46.3 Å². The first-order chi connectivity index (χ1) is 15.8. The third kappa shape index (κ3) is 4.09. The maximum atomic E-state index is 13.5. The standard InChI is InChI=1S/C25H18ClF3N2O2/c26-17-10-7-15(8-11-17)24(32)31-13-3-6-21(31)23-30-20-14-16(9-12-22(20)33-23)18-4-1-2-5-19(18)25(27,28)29/h1-2,4-5,7-12,14,21H,3,6,13H2/t21-/m0/s1. The van der Waals surface area contributed by atoms with E-state index in [0.29, 0.717) is 46.1 Å². The van der Waals surface area contributed by atoms with Gasteiger partial charge in [0.15, 0.2) is 5.58 Å². The molecule has 3 aromatic carbocycles. The zero-order chi connectivity index (χ0) is 23.2. The van der Waals surface area contributed by atoms with Crippen LogP contribution in [0.3, 0.4) is 0 Å². The molecule has 1 aromatic heterocycles. The van der Waals surface area contributed by atoms with Gasteiger partial charge in [-0.25, -0.2) is 4.98 Å². The van der Waals surface area contributed by atoms with Gasteiger partial charge in [0.2, 0.25) is 5.89 Å². The molecule has 4 nitrogen and oxygen atoms in total. The van der Waals surface area contributed by atoms with Crippen LogP contribution in [0, 0.1) is 0 Å². The summed E-state index contributed by atoms with van der Waals surface area (Å²) in [5.41, 5.74) is 1.21. The molecule has 1 aliphatic rings. The minimum absolute atomic E-state index is 0.0804. The summed E-state index contributed by atoms with van der Waals surface area (Å²) < 4.78 is 46.3. The number of carbonyl (C=O) groups is 1. The van der Waals surface area contributed by atoms with E-state index < -0.39 is 11.7 Å². The van der Waals surface area contributed by atoms with Gasteiger partial charge in [0.25, 0.3) is 5.91 Å². The zero-order valence-electron chi connectivity index (χ0n) is 17.3. The Morgan fingerprint density at radius 2 is 1.82 bits per heavy atom. The van der Waals surface area contributed by atoms with Gasteiger partial charge in [-0.2, -0.15) is 13.2 Å². The van der Waals surface area contributed by atoms with E-state index in [2.05, 4.69) is 4.98 Å². The summed E-state index contributed by atoms with van der Waals surface area (Å²) in [6, 6.07) is 16.6. The molecule has 1 saturated heterocycles. The number of benzene rings is 3. The van der Waals surface area contributed by atoms with Gasteiger partial charge in [0, 0.05) is 17.1 Å². The molecular formula is C25H18ClF3N2O2. The lowest BCUT2D eigenvalue weighted by molar-refractivity contribution is -0.137. The summed E-state index contributed by atoms with van der Waals surface area (Å²) in [7, 11) is 0. The third-order valence-corrected chi connectivity index (χ3v) is 6.09. The van der Waals surface area contributed by atoms with Gasteiger partial charge in [-0.1, -0.05) is 35.9 Å². The Hall–Kier alpha value is -3.32. The molecule has 2 heterocycles. The number of nitrogens with zero attached hydrogens (tertiary/aromatic N) is 2. The van der Waals surface area contributed by atoms with E-state index in [-0.39, 0.29) is 17.5 Å². The van der Waals surface area contributed by atoms with Gasteiger partial charge in [0.05, 0.1) is 5.56 Å². The molecule has 0 spiro atoms. The fraction of sp³-hybridized carbons (Fsp3) is 0.200. The molecule has 1 atom stereocenters. The molecule has 1 fully saturated rings. The Morgan fingerprint density at radius 3 is 2.58 bits per heavy atom. The molecule has 0 N–H and O–H groups in total. The number of hydrogen-bond acceptors (Lipinski definition) is 3. The van der Waals surface area contributed by atoms with Crippen LogP contribution in [0.5, 0.6) is 0 Å². The molecule has 8 heteroatoms. The van der Waals surface area contributed by atoms with Crippen molar-refractivity contribution >= 4 is 28.6 Å². The molecule has 0 radical (unpaired) electrons. The van der Waals surface area contributed by atoms with Gasteiger partial charge in [-0.3, -0.25) is 4.79 Å². The van der Waals surface area contributed by atoms with E-state index in [1.54, 1.807) is 53.4 Å².